The van der Waals surface area contributed by atoms with Crippen molar-refractivity contribution in [3.63, 3.8) is 0 Å². The van der Waals surface area contributed by atoms with Crippen LogP contribution in [0, 0.1) is 6.92 Å². The summed E-state index contributed by atoms with van der Waals surface area (Å²) >= 11 is 0. The Labute approximate surface area is 172 Å². The number of hydrogen-bond donors (Lipinski definition) is 1. The van der Waals surface area contributed by atoms with Crippen LogP contribution in [0.3, 0.4) is 0 Å². The molecule has 2 saturated heterocycles. The summed E-state index contributed by atoms with van der Waals surface area (Å²) in [6.45, 7) is 6.06. The highest BCUT2D eigenvalue weighted by atomic mass is 32.2. The number of benzene rings is 1. The number of sulfonamides is 1. The summed E-state index contributed by atoms with van der Waals surface area (Å²) in [6, 6.07) is 6.29. The topological polar surface area (TPSA) is 96.0 Å². The number of hydrogen-bond acceptors (Lipinski definition) is 5. The number of likely N-dealkylation sites (tertiary alicyclic amines) is 1. The van der Waals surface area contributed by atoms with Crippen LogP contribution < -0.4 is 4.72 Å². The van der Waals surface area contributed by atoms with Gasteiger partial charge in [0, 0.05) is 19.6 Å². The third kappa shape index (κ3) is 5.55. The molecule has 2 aliphatic rings. The standard InChI is InChI=1S/C20H29N3O5S/c1-15-3-5-17(6-4-15)8-14-29(26,27)21-18-7-9-23(20(18)25)16(2)19(24)22-10-12-28-13-11-22/h3-6,16,18,21H,7-14H2,1-2H3/t16-,18-/m0/s1. The highest BCUT2D eigenvalue weighted by molar-refractivity contribution is 7.89. The highest BCUT2D eigenvalue weighted by Gasteiger charge is 2.39. The maximum atomic E-state index is 12.7. The summed E-state index contributed by atoms with van der Waals surface area (Å²) in [5.74, 6) is -0.537. The maximum absolute atomic E-state index is 12.7. The first-order chi connectivity index (χ1) is 13.8. The van der Waals surface area contributed by atoms with E-state index in [4.69, 9.17) is 4.74 Å². The molecule has 29 heavy (non-hydrogen) atoms. The van der Waals surface area contributed by atoms with E-state index in [0.717, 1.165) is 11.1 Å². The molecule has 160 valence electrons. The fourth-order valence-electron chi connectivity index (χ4n) is 3.66. The fraction of sp³-hybridized carbons (Fsp3) is 0.600. The normalized spacial score (nSPS) is 21.4. The smallest absolute Gasteiger partial charge is 0.245 e. The molecule has 1 aromatic carbocycles. The van der Waals surface area contributed by atoms with Crippen molar-refractivity contribution in [3.05, 3.63) is 35.4 Å². The van der Waals surface area contributed by atoms with Crippen LogP contribution in [0.5, 0.6) is 0 Å². The van der Waals surface area contributed by atoms with Crippen LogP contribution in [-0.2, 0) is 30.8 Å². The van der Waals surface area contributed by atoms with Gasteiger partial charge in [0.25, 0.3) is 0 Å². The van der Waals surface area contributed by atoms with Gasteiger partial charge in [-0.2, -0.15) is 0 Å². The number of morpholine rings is 1. The van der Waals surface area contributed by atoms with Gasteiger partial charge in [-0.1, -0.05) is 29.8 Å². The molecule has 2 aliphatic heterocycles. The van der Waals surface area contributed by atoms with Crippen LogP contribution in [-0.4, -0.2) is 80.7 Å². The predicted molar refractivity (Wildman–Crippen MR) is 109 cm³/mol. The minimum atomic E-state index is -3.61. The number of nitrogens with one attached hydrogen (secondary N) is 1. The van der Waals surface area contributed by atoms with Crippen molar-refractivity contribution in [2.75, 3.05) is 38.6 Å². The van der Waals surface area contributed by atoms with Crippen molar-refractivity contribution >= 4 is 21.8 Å². The van der Waals surface area contributed by atoms with Crippen LogP contribution in [0.15, 0.2) is 24.3 Å². The lowest BCUT2D eigenvalue weighted by molar-refractivity contribution is -0.146. The van der Waals surface area contributed by atoms with Crippen molar-refractivity contribution in [1.29, 1.82) is 0 Å². The molecule has 0 saturated carbocycles. The van der Waals surface area contributed by atoms with Gasteiger partial charge < -0.3 is 14.5 Å². The molecule has 2 fully saturated rings. The molecule has 0 aliphatic carbocycles. The van der Waals surface area contributed by atoms with Crippen molar-refractivity contribution in [3.8, 4) is 0 Å². The van der Waals surface area contributed by atoms with Gasteiger partial charge in [-0.15, -0.1) is 0 Å². The van der Waals surface area contributed by atoms with Gasteiger partial charge in [0.2, 0.25) is 21.8 Å². The first kappa shape index (κ1) is 21.7. The third-order valence-electron chi connectivity index (χ3n) is 5.49. The van der Waals surface area contributed by atoms with Crippen LogP contribution >= 0.6 is 0 Å². The van der Waals surface area contributed by atoms with Gasteiger partial charge in [-0.3, -0.25) is 9.59 Å². The molecule has 0 bridgehead atoms. The molecule has 2 amide bonds. The quantitative estimate of drug-likeness (QED) is 0.681. The van der Waals surface area contributed by atoms with Gasteiger partial charge in [-0.25, -0.2) is 13.1 Å². The Morgan fingerprint density at radius 3 is 2.52 bits per heavy atom. The SMILES string of the molecule is Cc1ccc(CCS(=O)(=O)N[C@H]2CCN([C@@H](C)C(=O)N3CCOCC3)C2=O)cc1. The zero-order valence-electron chi connectivity index (χ0n) is 17.0. The van der Waals surface area contributed by atoms with E-state index < -0.39 is 22.1 Å². The second-order valence-electron chi connectivity index (χ2n) is 7.66. The first-order valence-corrected chi connectivity index (χ1v) is 11.6. The predicted octanol–water partition coefficient (Wildman–Crippen LogP) is 0.305. The van der Waals surface area contributed by atoms with E-state index in [9.17, 15) is 18.0 Å². The lowest BCUT2D eigenvalue weighted by Crippen LogP contribution is -2.52. The van der Waals surface area contributed by atoms with Crippen molar-refractivity contribution in [1.82, 2.24) is 14.5 Å². The Morgan fingerprint density at radius 1 is 1.21 bits per heavy atom. The lowest BCUT2D eigenvalue weighted by Gasteiger charge is -2.32. The van der Waals surface area contributed by atoms with Gasteiger partial charge >= 0.3 is 0 Å². The van der Waals surface area contributed by atoms with Crippen LogP contribution in [0.4, 0.5) is 0 Å². The number of amides is 2. The van der Waals surface area contributed by atoms with Crippen LogP contribution in [0.2, 0.25) is 0 Å². The van der Waals surface area contributed by atoms with Gasteiger partial charge in [0.1, 0.15) is 12.1 Å². The highest BCUT2D eigenvalue weighted by Crippen LogP contribution is 2.18. The number of carbonyl (C=O) groups is 2. The number of ether oxygens (including phenoxy) is 1. The minimum Gasteiger partial charge on any atom is -0.378 e. The second kappa shape index (κ2) is 9.23. The second-order valence-corrected chi connectivity index (χ2v) is 9.53. The zero-order chi connectivity index (χ0) is 21.0. The summed E-state index contributed by atoms with van der Waals surface area (Å²) in [7, 11) is -3.61. The third-order valence-corrected chi connectivity index (χ3v) is 6.87. The summed E-state index contributed by atoms with van der Waals surface area (Å²) in [5.41, 5.74) is 2.05. The molecular weight excluding hydrogens is 394 g/mol. The van der Waals surface area contributed by atoms with E-state index in [1.807, 2.05) is 31.2 Å². The van der Waals surface area contributed by atoms with Gasteiger partial charge in [0.05, 0.1) is 19.0 Å². The average Bonchev–Trinajstić information content (AvgIpc) is 3.06. The Morgan fingerprint density at radius 2 is 1.86 bits per heavy atom. The molecule has 1 aromatic rings. The monoisotopic (exact) mass is 423 g/mol. The van der Waals surface area contributed by atoms with E-state index in [1.165, 1.54) is 4.90 Å². The maximum Gasteiger partial charge on any atom is 0.245 e. The van der Waals surface area contributed by atoms with Crippen LogP contribution in [0.25, 0.3) is 0 Å². The molecule has 9 heteroatoms. The molecule has 0 radical (unpaired) electrons. The van der Waals surface area contributed by atoms with Crippen LogP contribution in [0.1, 0.15) is 24.5 Å². The molecule has 3 rings (SSSR count). The molecule has 0 spiro atoms. The first-order valence-electron chi connectivity index (χ1n) is 9.99. The summed E-state index contributed by atoms with van der Waals surface area (Å²) in [4.78, 5) is 28.5. The van der Waals surface area contributed by atoms with E-state index in [1.54, 1.807) is 11.8 Å². The number of carbonyl (C=O) groups excluding carboxylic acids is 2. The van der Waals surface area contributed by atoms with Crippen molar-refractivity contribution < 1.29 is 22.7 Å². The molecule has 0 unspecified atom stereocenters. The molecule has 0 aromatic heterocycles. The summed E-state index contributed by atoms with van der Waals surface area (Å²) < 4.78 is 32.7. The number of rotatable bonds is 7. The molecule has 2 heterocycles. The number of aryl methyl sites for hydroxylation is 2. The largest absolute Gasteiger partial charge is 0.378 e. The summed E-state index contributed by atoms with van der Waals surface area (Å²) in [5, 5.41) is 0. The lowest BCUT2D eigenvalue weighted by atomic mass is 10.1. The Balaban J connectivity index is 1.54. The Hall–Kier alpha value is -1.97. The van der Waals surface area contributed by atoms with Gasteiger partial charge in [0.15, 0.2) is 0 Å². The molecule has 1 N–H and O–H groups in total. The minimum absolute atomic E-state index is 0.0812. The summed E-state index contributed by atoms with van der Waals surface area (Å²) in [6.07, 6.45) is 0.746. The molecule has 8 nitrogen and oxygen atoms in total. The number of nitrogens with zero attached hydrogens (tertiary/aromatic N) is 2. The Bertz CT molecular complexity index is 834. The van der Waals surface area contributed by atoms with E-state index in [0.29, 0.717) is 45.7 Å². The Kier molecular flexibility index (Phi) is 6.92. The van der Waals surface area contributed by atoms with Crippen molar-refractivity contribution in [2.45, 2.75) is 38.8 Å². The fourth-order valence-corrected chi connectivity index (χ4v) is 4.93. The molecular formula is C20H29N3O5S. The molecule has 2 atom stereocenters. The average molecular weight is 424 g/mol. The van der Waals surface area contributed by atoms with E-state index >= 15 is 0 Å². The van der Waals surface area contributed by atoms with Crippen molar-refractivity contribution in [2.24, 2.45) is 0 Å². The van der Waals surface area contributed by atoms with E-state index in [2.05, 4.69) is 4.72 Å². The van der Waals surface area contributed by atoms with E-state index in [-0.39, 0.29) is 17.6 Å². The van der Waals surface area contributed by atoms with Gasteiger partial charge in [-0.05, 0) is 32.3 Å². The zero-order valence-corrected chi connectivity index (χ0v) is 17.8.